The van der Waals surface area contributed by atoms with Gasteiger partial charge in [0.25, 0.3) is 0 Å². The third-order valence-electron chi connectivity index (χ3n) is 4.64. The Morgan fingerprint density at radius 3 is 3.08 bits per heavy atom. The minimum Gasteiger partial charge on any atom is -0.294 e. The third kappa shape index (κ3) is 2.76. The molecule has 0 unspecified atom stereocenters. The molecule has 4 rings (SSSR count). The summed E-state index contributed by atoms with van der Waals surface area (Å²) in [6.45, 7) is 8.88. The number of aromatic nitrogens is 1. The largest absolute Gasteiger partial charge is 0.294 e. The van der Waals surface area contributed by atoms with E-state index in [9.17, 15) is 4.39 Å². The Morgan fingerprint density at radius 2 is 2.25 bits per heavy atom. The van der Waals surface area contributed by atoms with E-state index in [-0.39, 0.29) is 5.82 Å². The zero-order valence-electron chi connectivity index (χ0n) is 13.7. The Labute approximate surface area is 145 Å². The second-order valence-corrected chi connectivity index (χ2v) is 7.55. The van der Waals surface area contributed by atoms with Gasteiger partial charge in [-0.05, 0) is 59.7 Å². The molecule has 0 saturated heterocycles. The van der Waals surface area contributed by atoms with E-state index >= 15 is 0 Å². The highest BCUT2D eigenvalue weighted by atomic mass is 32.1. The summed E-state index contributed by atoms with van der Waals surface area (Å²) in [5.41, 5.74) is 4.81. The van der Waals surface area contributed by atoms with Crippen LogP contribution in [0.4, 0.5) is 4.39 Å². The van der Waals surface area contributed by atoms with Gasteiger partial charge in [0.15, 0.2) is 0 Å². The normalized spacial score (nSPS) is 14.8. The first-order valence-corrected chi connectivity index (χ1v) is 8.94. The van der Waals surface area contributed by atoms with E-state index < -0.39 is 0 Å². The van der Waals surface area contributed by atoms with Gasteiger partial charge in [0.1, 0.15) is 5.82 Å². The Balaban J connectivity index is 1.61. The van der Waals surface area contributed by atoms with Crippen molar-refractivity contribution in [3.8, 4) is 0 Å². The molecule has 0 aliphatic carbocycles. The van der Waals surface area contributed by atoms with Crippen LogP contribution < -0.4 is 0 Å². The van der Waals surface area contributed by atoms with Crippen LogP contribution in [0.5, 0.6) is 0 Å². The van der Waals surface area contributed by atoms with Crippen LogP contribution in [0.25, 0.3) is 15.7 Å². The van der Waals surface area contributed by atoms with Crippen molar-refractivity contribution >= 4 is 27.0 Å². The number of fused-ring (bicyclic) bond motifs is 3. The molecule has 1 aromatic carbocycles. The average molecular weight is 338 g/mol. The molecule has 0 radical (unpaired) electrons. The van der Waals surface area contributed by atoms with Gasteiger partial charge in [-0.3, -0.25) is 9.88 Å². The number of hydrogen-bond donors (Lipinski definition) is 0. The van der Waals surface area contributed by atoms with E-state index in [0.29, 0.717) is 0 Å². The summed E-state index contributed by atoms with van der Waals surface area (Å²) in [5.74, 6) is -0.146. The molecule has 3 aromatic rings. The smallest absolute Gasteiger partial charge is 0.123 e. The highest BCUT2D eigenvalue weighted by molar-refractivity contribution is 7.19. The molecule has 0 fully saturated rings. The Morgan fingerprint density at radius 1 is 1.38 bits per heavy atom. The van der Waals surface area contributed by atoms with Crippen LogP contribution >= 0.6 is 11.3 Å². The zero-order valence-corrected chi connectivity index (χ0v) is 14.5. The minimum absolute atomic E-state index is 0.146. The lowest BCUT2D eigenvalue weighted by atomic mass is 10.0. The van der Waals surface area contributed by atoms with Crippen molar-refractivity contribution in [2.75, 3.05) is 6.54 Å². The summed E-state index contributed by atoms with van der Waals surface area (Å²) in [6, 6.07) is 7.17. The number of pyridine rings is 1. The molecule has 0 N–H and O–H groups in total. The van der Waals surface area contributed by atoms with Gasteiger partial charge in [-0.1, -0.05) is 12.2 Å². The fourth-order valence-electron chi connectivity index (χ4n) is 3.47. The summed E-state index contributed by atoms with van der Waals surface area (Å²) in [7, 11) is 0. The summed E-state index contributed by atoms with van der Waals surface area (Å²) in [5, 5.41) is 1.10. The van der Waals surface area contributed by atoms with Crippen molar-refractivity contribution in [1.29, 1.82) is 0 Å². The van der Waals surface area contributed by atoms with Crippen molar-refractivity contribution in [3.63, 3.8) is 0 Å². The molecule has 2 aromatic heterocycles. The fraction of sp³-hybridized carbons (Fsp3) is 0.250. The molecule has 0 saturated carbocycles. The number of thiophene rings is 1. The molecule has 0 spiro atoms. The fourth-order valence-corrected chi connectivity index (χ4v) is 4.75. The van der Waals surface area contributed by atoms with Gasteiger partial charge in [0.2, 0.25) is 0 Å². The number of rotatable bonds is 3. The molecular weight excluding hydrogens is 319 g/mol. The number of benzene rings is 1. The van der Waals surface area contributed by atoms with Crippen LogP contribution in [0.15, 0.2) is 43.2 Å². The van der Waals surface area contributed by atoms with Gasteiger partial charge in [0, 0.05) is 41.6 Å². The molecule has 1 aliphatic heterocycles. The van der Waals surface area contributed by atoms with Gasteiger partial charge in [0.05, 0.1) is 0 Å². The molecule has 3 heterocycles. The number of nitrogens with zero attached hydrogens (tertiary/aromatic N) is 2. The van der Waals surface area contributed by atoms with Crippen molar-refractivity contribution < 1.29 is 4.39 Å². The SMILES string of the molecule is C=C(C)c1ccncc1CN1CCc2c(sc3ccc(F)cc23)C1. The van der Waals surface area contributed by atoms with E-state index in [1.54, 1.807) is 23.5 Å². The molecule has 122 valence electrons. The number of halogens is 1. The van der Waals surface area contributed by atoms with Crippen LogP contribution in [0.1, 0.15) is 28.5 Å². The lowest BCUT2D eigenvalue weighted by Crippen LogP contribution is -2.29. The molecule has 2 nitrogen and oxygen atoms in total. The molecule has 0 bridgehead atoms. The Hall–Kier alpha value is -2.04. The highest BCUT2D eigenvalue weighted by Gasteiger charge is 2.22. The van der Waals surface area contributed by atoms with E-state index in [0.717, 1.165) is 37.0 Å². The maximum Gasteiger partial charge on any atom is 0.123 e. The lowest BCUT2D eigenvalue weighted by molar-refractivity contribution is 0.249. The van der Waals surface area contributed by atoms with Gasteiger partial charge < -0.3 is 0 Å². The summed E-state index contributed by atoms with van der Waals surface area (Å²) in [4.78, 5) is 8.08. The average Bonchev–Trinajstić information content (AvgIpc) is 2.92. The van der Waals surface area contributed by atoms with Crippen LogP contribution in [-0.2, 0) is 19.5 Å². The number of hydrogen-bond acceptors (Lipinski definition) is 3. The topological polar surface area (TPSA) is 16.1 Å². The lowest BCUT2D eigenvalue weighted by Gasteiger charge is -2.27. The monoisotopic (exact) mass is 338 g/mol. The van der Waals surface area contributed by atoms with Crippen LogP contribution in [-0.4, -0.2) is 16.4 Å². The number of allylic oxidation sites excluding steroid dienone is 1. The van der Waals surface area contributed by atoms with Crippen LogP contribution in [0, 0.1) is 5.82 Å². The summed E-state index contributed by atoms with van der Waals surface area (Å²) >= 11 is 1.79. The van der Waals surface area contributed by atoms with Gasteiger partial charge >= 0.3 is 0 Å². The van der Waals surface area contributed by atoms with Crippen molar-refractivity contribution in [1.82, 2.24) is 9.88 Å². The van der Waals surface area contributed by atoms with Crippen LogP contribution in [0.3, 0.4) is 0 Å². The first-order valence-electron chi connectivity index (χ1n) is 8.13. The molecule has 0 amide bonds. The molecule has 1 aliphatic rings. The third-order valence-corrected chi connectivity index (χ3v) is 5.84. The Bertz CT molecular complexity index is 929. The second kappa shape index (κ2) is 6.11. The maximum absolute atomic E-state index is 13.5. The predicted octanol–water partition coefficient (Wildman–Crippen LogP) is 5.03. The predicted molar refractivity (Wildman–Crippen MR) is 98.5 cm³/mol. The molecular formula is C20H19FN2S. The second-order valence-electron chi connectivity index (χ2n) is 6.42. The summed E-state index contributed by atoms with van der Waals surface area (Å²) < 4.78 is 14.7. The van der Waals surface area contributed by atoms with Crippen molar-refractivity contribution in [2.45, 2.75) is 26.4 Å². The quantitative estimate of drug-likeness (QED) is 0.666. The molecule has 24 heavy (non-hydrogen) atoms. The minimum atomic E-state index is -0.146. The Kier molecular flexibility index (Phi) is 3.94. The van der Waals surface area contributed by atoms with E-state index in [2.05, 4.69) is 16.5 Å². The zero-order chi connectivity index (χ0) is 16.7. The van der Waals surface area contributed by atoms with E-state index in [1.807, 2.05) is 31.5 Å². The van der Waals surface area contributed by atoms with Crippen molar-refractivity contribution in [2.24, 2.45) is 0 Å². The standard InChI is InChI=1S/C20H19FN2S/c1-13(2)16-5-7-22-10-14(16)11-23-8-6-17-18-9-15(21)3-4-19(18)24-20(17)12-23/h3-5,7,9-10H,1,6,8,11-12H2,2H3. The van der Waals surface area contributed by atoms with Crippen molar-refractivity contribution in [3.05, 3.63) is 70.6 Å². The van der Waals surface area contributed by atoms with Gasteiger partial charge in [-0.25, -0.2) is 4.39 Å². The van der Waals surface area contributed by atoms with Gasteiger partial charge in [-0.2, -0.15) is 0 Å². The first kappa shape index (κ1) is 15.5. The molecule has 0 atom stereocenters. The maximum atomic E-state index is 13.5. The van der Waals surface area contributed by atoms with Gasteiger partial charge in [-0.15, -0.1) is 11.3 Å². The summed E-state index contributed by atoms with van der Waals surface area (Å²) in [6.07, 6.45) is 4.74. The van der Waals surface area contributed by atoms with E-state index in [4.69, 9.17) is 0 Å². The van der Waals surface area contributed by atoms with Crippen LogP contribution in [0.2, 0.25) is 0 Å². The first-order chi connectivity index (χ1) is 11.6. The van der Waals surface area contributed by atoms with E-state index in [1.165, 1.54) is 26.3 Å². The highest BCUT2D eigenvalue weighted by Crippen LogP contribution is 2.36. The molecule has 4 heteroatoms.